The van der Waals surface area contributed by atoms with Gasteiger partial charge in [0, 0.05) is 10.0 Å². The van der Waals surface area contributed by atoms with Gasteiger partial charge in [0.15, 0.2) is 11.5 Å². The Hall–Kier alpha value is -2.08. The van der Waals surface area contributed by atoms with E-state index in [-0.39, 0.29) is 34.9 Å². The summed E-state index contributed by atoms with van der Waals surface area (Å²) < 4.78 is 27.0. The van der Waals surface area contributed by atoms with Crippen LogP contribution in [0.15, 0.2) is 64.0 Å². The molecular formula is C25H17BrClFINO4S. The maximum atomic E-state index is 14.1. The van der Waals surface area contributed by atoms with Gasteiger partial charge in [0.05, 0.1) is 27.2 Å². The maximum absolute atomic E-state index is 14.1. The van der Waals surface area contributed by atoms with Crippen LogP contribution in [0.5, 0.6) is 11.5 Å². The fraction of sp³-hybridized carbons (Fsp3) is 0.120. The third-order valence-corrected chi connectivity index (χ3v) is 7.97. The van der Waals surface area contributed by atoms with E-state index < -0.39 is 5.82 Å². The van der Waals surface area contributed by atoms with Gasteiger partial charge < -0.3 is 9.47 Å². The number of thioether (sulfide) groups is 1. The van der Waals surface area contributed by atoms with E-state index >= 15 is 0 Å². The lowest BCUT2D eigenvalue weighted by molar-refractivity contribution is -0.123. The first-order valence-electron chi connectivity index (χ1n) is 10.2. The number of benzene rings is 3. The Kier molecular flexibility index (Phi) is 8.41. The van der Waals surface area contributed by atoms with Crippen molar-refractivity contribution in [3.8, 4) is 11.5 Å². The van der Waals surface area contributed by atoms with Crippen molar-refractivity contribution in [1.82, 2.24) is 4.90 Å². The molecular weight excluding hydrogens is 672 g/mol. The van der Waals surface area contributed by atoms with E-state index in [9.17, 15) is 14.0 Å². The summed E-state index contributed by atoms with van der Waals surface area (Å²) in [5.74, 6) is 0.00950. The van der Waals surface area contributed by atoms with Crippen molar-refractivity contribution >= 4 is 79.1 Å². The topological polar surface area (TPSA) is 55.8 Å². The normalized spacial score (nSPS) is 14.7. The largest absolute Gasteiger partial charge is 0.493 e. The Morgan fingerprint density at radius 2 is 1.94 bits per heavy atom. The van der Waals surface area contributed by atoms with Crippen molar-refractivity contribution in [3.05, 3.63) is 95.1 Å². The second-order valence-corrected chi connectivity index (χ2v) is 10.8. The zero-order chi connectivity index (χ0) is 25.1. The number of halogens is 4. The highest BCUT2D eigenvalue weighted by Crippen LogP contribution is 2.38. The highest BCUT2D eigenvalue weighted by atomic mass is 127. The van der Waals surface area contributed by atoms with Crippen LogP contribution in [0.3, 0.4) is 0 Å². The SMILES string of the molecule is COc1cc(/C=C2\SC(=O)N(Cc3ccccc3Br)C2=O)cc(I)c1OCc1c(F)cccc1Cl. The Labute approximate surface area is 232 Å². The number of imide groups is 1. The minimum absolute atomic E-state index is 0.0782. The van der Waals surface area contributed by atoms with Gasteiger partial charge in [0.2, 0.25) is 0 Å². The van der Waals surface area contributed by atoms with Crippen molar-refractivity contribution in [2.75, 3.05) is 7.11 Å². The number of hydrogen-bond donors (Lipinski definition) is 0. The van der Waals surface area contributed by atoms with E-state index in [4.69, 9.17) is 21.1 Å². The number of amides is 2. The fourth-order valence-corrected chi connectivity index (χ4v) is 5.61. The van der Waals surface area contributed by atoms with Crippen molar-refractivity contribution in [2.24, 2.45) is 0 Å². The van der Waals surface area contributed by atoms with Gasteiger partial charge in [-0.3, -0.25) is 14.5 Å². The molecule has 0 radical (unpaired) electrons. The molecule has 0 unspecified atom stereocenters. The van der Waals surface area contributed by atoms with Crippen molar-refractivity contribution in [2.45, 2.75) is 13.2 Å². The third kappa shape index (κ3) is 5.84. The Balaban J connectivity index is 1.56. The van der Waals surface area contributed by atoms with Gasteiger partial charge in [-0.05, 0) is 81.9 Å². The number of methoxy groups -OCH3 is 1. The van der Waals surface area contributed by atoms with Gasteiger partial charge in [0.25, 0.3) is 11.1 Å². The molecule has 1 heterocycles. The fourth-order valence-electron chi connectivity index (χ4n) is 3.36. The summed E-state index contributed by atoms with van der Waals surface area (Å²) >= 11 is 12.5. The Bertz CT molecular complexity index is 1330. The molecule has 3 aromatic carbocycles. The van der Waals surface area contributed by atoms with E-state index in [0.717, 1.165) is 21.8 Å². The first-order chi connectivity index (χ1) is 16.8. The third-order valence-electron chi connectivity index (χ3n) is 5.13. The van der Waals surface area contributed by atoms with Crippen LogP contribution in [-0.4, -0.2) is 23.2 Å². The van der Waals surface area contributed by atoms with Crippen LogP contribution in [0, 0.1) is 9.39 Å². The summed E-state index contributed by atoms with van der Waals surface area (Å²) in [5, 5.41) is -0.0609. The molecule has 1 fully saturated rings. The Morgan fingerprint density at radius 3 is 2.66 bits per heavy atom. The van der Waals surface area contributed by atoms with Crippen molar-refractivity contribution in [3.63, 3.8) is 0 Å². The quantitative estimate of drug-likeness (QED) is 0.189. The van der Waals surface area contributed by atoms with Crippen LogP contribution in [0.25, 0.3) is 6.08 Å². The number of carbonyl (C=O) groups is 2. The first-order valence-corrected chi connectivity index (χ1v) is 13.3. The summed E-state index contributed by atoms with van der Waals surface area (Å²) in [6.07, 6.45) is 1.65. The van der Waals surface area contributed by atoms with Gasteiger partial charge in [-0.25, -0.2) is 4.39 Å². The average molecular weight is 689 g/mol. The highest BCUT2D eigenvalue weighted by molar-refractivity contribution is 14.1. The van der Waals surface area contributed by atoms with Crippen LogP contribution in [0.4, 0.5) is 9.18 Å². The van der Waals surface area contributed by atoms with Crippen LogP contribution >= 0.6 is 61.9 Å². The monoisotopic (exact) mass is 687 g/mol. The van der Waals surface area contributed by atoms with E-state index in [1.165, 1.54) is 24.1 Å². The zero-order valence-corrected chi connectivity index (χ0v) is 23.5. The lowest BCUT2D eigenvalue weighted by Crippen LogP contribution is -2.27. The molecule has 4 rings (SSSR count). The zero-order valence-electron chi connectivity index (χ0n) is 18.2. The van der Waals surface area contributed by atoms with E-state index in [1.54, 1.807) is 24.3 Å². The Morgan fingerprint density at radius 1 is 1.17 bits per heavy atom. The number of hydrogen-bond acceptors (Lipinski definition) is 5. The van der Waals surface area contributed by atoms with Crippen LogP contribution in [0.2, 0.25) is 5.02 Å². The lowest BCUT2D eigenvalue weighted by atomic mass is 10.1. The number of ether oxygens (including phenoxy) is 2. The number of carbonyl (C=O) groups excluding carboxylic acids is 2. The number of nitrogens with zero attached hydrogens (tertiary/aromatic N) is 1. The van der Waals surface area contributed by atoms with E-state index in [0.29, 0.717) is 25.5 Å². The van der Waals surface area contributed by atoms with Crippen molar-refractivity contribution in [1.29, 1.82) is 0 Å². The summed E-state index contributed by atoms with van der Waals surface area (Å²) in [4.78, 5) is 27.0. The second-order valence-electron chi connectivity index (χ2n) is 7.38. The van der Waals surface area contributed by atoms with Crippen LogP contribution < -0.4 is 9.47 Å². The maximum Gasteiger partial charge on any atom is 0.293 e. The van der Waals surface area contributed by atoms with Gasteiger partial charge in [-0.15, -0.1) is 0 Å². The molecule has 35 heavy (non-hydrogen) atoms. The predicted molar refractivity (Wildman–Crippen MR) is 147 cm³/mol. The molecule has 0 bridgehead atoms. The van der Waals surface area contributed by atoms with Gasteiger partial charge in [-0.1, -0.05) is 51.8 Å². The van der Waals surface area contributed by atoms with Crippen LogP contribution in [-0.2, 0) is 17.9 Å². The summed E-state index contributed by atoms with van der Waals surface area (Å²) in [6.45, 7) is 0.0980. The van der Waals surface area contributed by atoms with Gasteiger partial charge in [-0.2, -0.15) is 0 Å². The molecule has 0 saturated carbocycles. The molecule has 0 atom stereocenters. The second kappa shape index (κ2) is 11.3. The van der Waals surface area contributed by atoms with E-state index in [2.05, 4.69) is 38.5 Å². The first kappa shape index (κ1) is 26.0. The molecule has 0 spiro atoms. The number of rotatable bonds is 7. The van der Waals surface area contributed by atoms with Gasteiger partial charge >= 0.3 is 0 Å². The minimum atomic E-state index is -0.457. The molecule has 180 valence electrons. The van der Waals surface area contributed by atoms with Crippen molar-refractivity contribution < 1.29 is 23.5 Å². The molecule has 1 aliphatic heterocycles. The standard InChI is InChI=1S/C25H17BrClFINO4S/c1-33-21-10-14(9-20(29)23(21)34-13-16-18(27)7-4-8-19(16)28)11-22-24(31)30(25(32)35-22)12-15-5-2-3-6-17(15)26/h2-11H,12-13H2,1H3/b22-11-. The average Bonchev–Trinajstić information content (AvgIpc) is 3.08. The summed E-state index contributed by atoms with van der Waals surface area (Å²) in [6, 6.07) is 15.4. The highest BCUT2D eigenvalue weighted by Gasteiger charge is 2.35. The molecule has 0 N–H and O–H groups in total. The summed E-state index contributed by atoms with van der Waals surface area (Å²) in [5.41, 5.74) is 1.74. The van der Waals surface area contributed by atoms with Crippen LogP contribution in [0.1, 0.15) is 16.7 Å². The molecule has 0 aromatic heterocycles. The molecule has 2 amide bonds. The molecule has 3 aromatic rings. The predicted octanol–water partition coefficient (Wildman–Crippen LogP) is 7.67. The smallest absolute Gasteiger partial charge is 0.293 e. The minimum Gasteiger partial charge on any atom is -0.493 e. The molecule has 1 saturated heterocycles. The molecule has 0 aliphatic carbocycles. The molecule has 1 aliphatic rings. The van der Waals surface area contributed by atoms with Gasteiger partial charge in [0.1, 0.15) is 12.4 Å². The summed E-state index contributed by atoms with van der Waals surface area (Å²) in [7, 11) is 1.49. The molecule has 10 heteroatoms. The lowest BCUT2D eigenvalue weighted by Gasteiger charge is -2.15. The van der Waals surface area contributed by atoms with E-state index in [1.807, 2.05) is 24.3 Å². The molecule has 5 nitrogen and oxygen atoms in total.